The molecule has 126 valence electrons. The third kappa shape index (κ3) is 3.50. The first-order valence-corrected chi connectivity index (χ1v) is 8.67. The van der Waals surface area contributed by atoms with Crippen LogP contribution in [-0.4, -0.2) is 26.5 Å². The van der Waals surface area contributed by atoms with Gasteiger partial charge in [0.2, 0.25) is 0 Å². The zero-order valence-electron chi connectivity index (χ0n) is 13.7. The molecule has 0 atom stereocenters. The lowest BCUT2D eigenvalue weighted by Gasteiger charge is -2.28. The van der Waals surface area contributed by atoms with Crippen LogP contribution < -0.4 is 0 Å². The third-order valence-electron chi connectivity index (χ3n) is 4.51. The summed E-state index contributed by atoms with van der Waals surface area (Å²) in [5, 5.41) is 10.7. The van der Waals surface area contributed by atoms with Crippen LogP contribution in [0.15, 0.2) is 54.7 Å². The maximum atomic E-state index is 9.99. The molecule has 0 fully saturated rings. The number of rotatable bonds is 3. The summed E-state index contributed by atoms with van der Waals surface area (Å²) >= 11 is 5.96. The fourth-order valence-corrected chi connectivity index (χ4v) is 3.24. The summed E-state index contributed by atoms with van der Waals surface area (Å²) in [6.07, 6.45) is 2.85. The van der Waals surface area contributed by atoms with Gasteiger partial charge in [-0.05, 0) is 42.3 Å². The monoisotopic (exact) mass is 351 g/mol. The summed E-state index contributed by atoms with van der Waals surface area (Å²) in [5.41, 5.74) is 4.16. The summed E-state index contributed by atoms with van der Waals surface area (Å²) in [6, 6.07) is 15.1. The van der Waals surface area contributed by atoms with Crippen LogP contribution in [0.5, 0.6) is 5.75 Å². The van der Waals surface area contributed by atoms with Crippen molar-refractivity contribution in [2.75, 3.05) is 6.54 Å². The molecule has 0 aliphatic carbocycles. The Bertz CT molecular complexity index is 896. The van der Waals surface area contributed by atoms with Crippen LogP contribution in [0.25, 0.3) is 11.4 Å². The van der Waals surface area contributed by atoms with Crippen molar-refractivity contribution in [1.82, 2.24) is 14.9 Å². The molecule has 0 unspecified atom stereocenters. The maximum absolute atomic E-state index is 9.99. The average Bonchev–Trinajstić information content (AvgIpc) is 2.64. The number of nitrogens with zero attached hydrogens (tertiary/aromatic N) is 3. The number of para-hydroxylation sites is 1. The van der Waals surface area contributed by atoms with Crippen LogP contribution in [-0.2, 0) is 19.5 Å². The first-order valence-electron chi connectivity index (χ1n) is 8.29. The molecular weight excluding hydrogens is 334 g/mol. The lowest BCUT2D eigenvalue weighted by Crippen LogP contribution is -2.31. The molecule has 0 saturated heterocycles. The van der Waals surface area contributed by atoms with E-state index in [1.54, 1.807) is 6.07 Å². The van der Waals surface area contributed by atoms with Gasteiger partial charge in [0.05, 0.1) is 5.69 Å². The van der Waals surface area contributed by atoms with Crippen LogP contribution in [0.2, 0.25) is 5.02 Å². The van der Waals surface area contributed by atoms with Crippen LogP contribution in [0.3, 0.4) is 0 Å². The second kappa shape index (κ2) is 6.82. The van der Waals surface area contributed by atoms with Gasteiger partial charge in [0.25, 0.3) is 0 Å². The highest BCUT2D eigenvalue weighted by atomic mass is 35.5. The van der Waals surface area contributed by atoms with Crippen LogP contribution in [0.4, 0.5) is 0 Å². The zero-order chi connectivity index (χ0) is 17.2. The summed E-state index contributed by atoms with van der Waals surface area (Å²) < 4.78 is 0. The van der Waals surface area contributed by atoms with E-state index in [1.165, 1.54) is 5.56 Å². The van der Waals surface area contributed by atoms with Gasteiger partial charge in [-0.2, -0.15) is 0 Å². The van der Waals surface area contributed by atoms with Gasteiger partial charge in [-0.1, -0.05) is 29.8 Å². The van der Waals surface area contributed by atoms with Gasteiger partial charge in [0.1, 0.15) is 5.75 Å². The smallest absolute Gasteiger partial charge is 0.159 e. The number of aromatic nitrogens is 2. The topological polar surface area (TPSA) is 49.2 Å². The lowest BCUT2D eigenvalue weighted by atomic mass is 10.1. The molecule has 2 aromatic carbocycles. The minimum absolute atomic E-state index is 0.345. The Morgan fingerprint density at radius 3 is 2.68 bits per heavy atom. The van der Waals surface area contributed by atoms with E-state index in [9.17, 15) is 5.11 Å². The SMILES string of the molecule is Oc1ccccc1CN1CCc2cnc(-c3ccc(Cl)cc3)nc2C1. The van der Waals surface area contributed by atoms with E-state index in [0.29, 0.717) is 17.3 Å². The van der Waals surface area contributed by atoms with Crippen molar-refractivity contribution in [2.45, 2.75) is 19.5 Å². The van der Waals surface area contributed by atoms with E-state index in [-0.39, 0.29) is 0 Å². The van der Waals surface area contributed by atoms with Crippen molar-refractivity contribution in [1.29, 1.82) is 0 Å². The summed E-state index contributed by atoms with van der Waals surface area (Å²) in [6.45, 7) is 2.41. The fourth-order valence-electron chi connectivity index (χ4n) is 3.12. The minimum Gasteiger partial charge on any atom is -0.508 e. The molecular formula is C20H18ClN3O. The molecule has 2 heterocycles. The van der Waals surface area contributed by atoms with Gasteiger partial charge in [-0.15, -0.1) is 0 Å². The predicted octanol–water partition coefficient (Wildman–Crippen LogP) is 4.06. The van der Waals surface area contributed by atoms with Crippen LogP contribution >= 0.6 is 11.6 Å². The number of hydrogen-bond donors (Lipinski definition) is 1. The molecule has 4 rings (SSSR count). The molecule has 25 heavy (non-hydrogen) atoms. The highest BCUT2D eigenvalue weighted by Crippen LogP contribution is 2.25. The van der Waals surface area contributed by atoms with Crippen molar-refractivity contribution in [3.63, 3.8) is 0 Å². The normalized spacial score (nSPS) is 14.3. The van der Waals surface area contributed by atoms with Gasteiger partial charge in [0.15, 0.2) is 5.82 Å². The molecule has 0 spiro atoms. The summed E-state index contributed by atoms with van der Waals surface area (Å²) in [4.78, 5) is 11.6. The largest absolute Gasteiger partial charge is 0.508 e. The molecule has 3 aromatic rings. The Kier molecular flexibility index (Phi) is 4.38. The quantitative estimate of drug-likeness (QED) is 0.773. The second-order valence-corrected chi connectivity index (χ2v) is 6.70. The third-order valence-corrected chi connectivity index (χ3v) is 4.76. The number of phenolic OH excluding ortho intramolecular Hbond substituents is 1. The highest BCUT2D eigenvalue weighted by Gasteiger charge is 2.19. The molecule has 1 aromatic heterocycles. The predicted molar refractivity (Wildman–Crippen MR) is 98.4 cm³/mol. The van der Waals surface area contributed by atoms with Gasteiger partial charge in [0, 0.05) is 42.0 Å². The number of aromatic hydroxyl groups is 1. The van der Waals surface area contributed by atoms with Crippen molar-refractivity contribution in [2.24, 2.45) is 0 Å². The van der Waals surface area contributed by atoms with E-state index in [1.807, 2.05) is 48.7 Å². The molecule has 1 N–H and O–H groups in total. The van der Waals surface area contributed by atoms with Crippen molar-refractivity contribution >= 4 is 11.6 Å². The Morgan fingerprint density at radius 2 is 1.88 bits per heavy atom. The number of benzene rings is 2. The van der Waals surface area contributed by atoms with Crippen LogP contribution in [0, 0.1) is 0 Å². The Hall–Kier alpha value is -2.43. The molecule has 0 amide bonds. The van der Waals surface area contributed by atoms with Gasteiger partial charge in [-0.25, -0.2) is 9.97 Å². The number of phenols is 1. The Labute approximate surface area is 151 Å². The Morgan fingerprint density at radius 1 is 1.08 bits per heavy atom. The molecule has 0 radical (unpaired) electrons. The number of hydrogen-bond acceptors (Lipinski definition) is 4. The second-order valence-electron chi connectivity index (χ2n) is 6.26. The maximum Gasteiger partial charge on any atom is 0.159 e. The lowest BCUT2D eigenvalue weighted by molar-refractivity contribution is 0.238. The highest BCUT2D eigenvalue weighted by molar-refractivity contribution is 6.30. The summed E-state index contributed by atoms with van der Waals surface area (Å²) in [7, 11) is 0. The van der Waals surface area contributed by atoms with E-state index in [4.69, 9.17) is 16.6 Å². The molecule has 5 heteroatoms. The molecule has 4 nitrogen and oxygen atoms in total. The minimum atomic E-state index is 0.345. The molecule has 1 aliphatic heterocycles. The fraction of sp³-hybridized carbons (Fsp3) is 0.200. The number of halogens is 1. The van der Waals surface area contributed by atoms with Crippen molar-refractivity contribution in [3.05, 3.63) is 76.6 Å². The Balaban J connectivity index is 1.56. The van der Waals surface area contributed by atoms with Gasteiger partial charge in [-0.3, -0.25) is 4.90 Å². The molecule has 0 bridgehead atoms. The van der Waals surface area contributed by atoms with Crippen molar-refractivity contribution in [3.8, 4) is 17.1 Å². The molecule has 1 aliphatic rings. The first-order chi connectivity index (χ1) is 12.2. The zero-order valence-corrected chi connectivity index (χ0v) is 14.4. The first kappa shape index (κ1) is 16.1. The summed E-state index contributed by atoms with van der Waals surface area (Å²) in [5.74, 6) is 1.07. The molecule has 0 saturated carbocycles. The van der Waals surface area contributed by atoms with Gasteiger partial charge < -0.3 is 5.11 Å². The van der Waals surface area contributed by atoms with E-state index < -0.39 is 0 Å². The van der Waals surface area contributed by atoms with E-state index in [0.717, 1.165) is 42.2 Å². The van der Waals surface area contributed by atoms with E-state index in [2.05, 4.69) is 9.88 Å². The van der Waals surface area contributed by atoms with Crippen LogP contribution in [0.1, 0.15) is 16.8 Å². The van der Waals surface area contributed by atoms with E-state index >= 15 is 0 Å². The standard InChI is InChI=1S/C20H18ClN3O/c21-17-7-5-14(6-8-17)20-22-11-15-9-10-24(13-18(15)23-20)12-16-3-1-2-4-19(16)25/h1-8,11,25H,9-10,12-13H2. The van der Waals surface area contributed by atoms with Gasteiger partial charge >= 0.3 is 0 Å². The van der Waals surface area contributed by atoms with Crippen molar-refractivity contribution < 1.29 is 5.11 Å². The average molecular weight is 352 g/mol. The number of fused-ring (bicyclic) bond motifs is 1.